The third-order valence-corrected chi connectivity index (χ3v) is 10.5. The van der Waals surface area contributed by atoms with Gasteiger partial charge in [-0.3, -0.25) is 9.13 Å². The Kier molecular flexibility index (Phi) is 7.96. The van der Waals surface area contributed by atoms with Gasteiger partial charge in [0.2, 0.25) is 0 Å². The summed E-state index contributed by atoms with van der Waals surface area (Å²) in [6.07, 6.45) is 4.40. The number of allylic oxidation sites excluding steroid dienone is 3. The van der Waals surface area contributed by atoms with Crippen molar-refractivity contribution >= 4 is 55.1 Å². The largest absolute Gasteiger partial charge is 0.398 e. The van der Waals surface area contributed by atoms with E-state index in [2.05, 4.69) is 196 Å². The van der Waals surface area contributed by atoms with E-state index in [1.807, 2.05) is 18.2 Å². The first-order valence-corrected chi connectivity index (χ1v) is 18.7. The van der Waals surface area contributed by atoms with Crippen LogP contribution < -0.4 is 5.73 Å². The first kappa shape index (κ1) is 32.3. The van der Waals surface area contributed by atoms with Gasteiger partial charge in [0, 0.05) is 50.9 Å². The van der Waals surface area contributed by atoms with Gasteiger partial charge in [0.1, 0.15) is 11.3 Å². The Morgan fingerprint density at radius 1 is 0.509 bits per heavy atom. The molecule has 0 saturated heterocycles. The number of aromatic nitrogens is 4. The number of nitrogens with two attached hydrogens (primary N) is 1. The number of benzene rings is 7. The zero-order valence-corrected chi connectivity index (χ0v) is 30.1. The highest BCUT2D eigenvalue weighted by atomic mass is 15.2. The summed E-state index contributed by atoms with van der Waals surface area (Å²) < 4.78 is 7.13. The summed E-state index contributed by atoms with van der Waals surface area (Å²) >= 11 is 0. The molecule has 5 heteroatoms. The lowest BCUT2D eigenvalue weighted by Gasteiger charge is -2.11. The van der Waals surface area contributed by atoms with Crippen molar-refractivity contribution in [2.75, 3.05) is 0 Å². The van der Waals surface area contributed by atoms with Crippen molar-refractivity contribution in [1.82, 2.24) is 18.7 Å². The van der Waals surface area contributed by atoms with Crippen molar-refractivity contribution in [2.45, 2.75) is 6.54 Å². The van der Waals surface area contributed by atoms with E-state index >= 15 is 0 Å². The topological polar surface area (TPSA) is 53.7 Å². The van der Waals surface area contributed by atoms with Crippen LogP contribution in [0.4, 0.5) is 0 Å². The molecule has 10 rings (SSSR count). The average molecular weight is 708 g/mol. The maximum Gasteiger partial charge on any atom is 0.165 e. The molecule has 3 heterocycles. The molecule has 0 aliphatic heterocycles. The molecule has 0 saturated carbocycles. The summed E-state index contributed by atoms with van der Waals surface area (Å²) in [6, 6.07) is 65.7. The predicted octanol–water partition coefficient (Wildman–Crippen LogP) is 11.8. The molecule has 2 N–H and O–H groups in total. The zero-order chi connectivity index (χ0) is 36.7. The van der Waals surface area contributed by atoms with Crippen molar-refractivity contribution in [3.63, 3.8) is 0 Å². The van der Waals surface area contributed by atoms with E-state index in [-0.39, 0.29) is 0 Å². The quantitative estimate of drug-likeness (QED) is 0.160. The normalized spacial score (nSPS) is 12.4. The highest BCUT2D eigenvalue weighted by molar-refractivity contribution is 6.25. The number of para-hydroxylation sites is 3. The molecular formula is C50H37N5. The lowest BCUT2D eigenvalue weighted by atomic mass is 10.0. The van der Waals surface area contributed by atoms with Gasteiger partial charge >= 0.3 is 0 Å². The molecule has 7 aromatic carbocycles. The molecular weight excluding hydrogens is 671 g/mol. The Hall–Kier alpha value is -7.37. The van der Waals surface area contributed by atoms with E-state index in [1.54, 1.807) is 0 Å². The van der Waals surface area contributed by atoms with Crippen LogP contribution in [0, 0.1) is 0 Å². The van der Waals surface area contributed by atoms with Gasteiger partial charge in [-0.2, -0.15) is 0 Å². The van der Waals surface area contributed by atoms with Crippen LogP contribution in [-0.4, -0.2) is 18.7 Å². The Morgan fingerprint density at radius 3 is 1.75 bits per heavy atom. The highest BCUT2D eigenvalue weighted by Gasteiger charge is 2.26. The summed E-state index contributed by atoms with van der Waals surface area (Å²) in [6.45, 7) is 0.649. The van der Waals surface area contributed by atoms with E-state index in [1.165, 1.54) is 16.3 Å². The molecule has 0 fully saturated rings. The van der Waals surface area contributed by atoms with E-state index < -0.39 is 0 Å². The summed E-state index contributed by atoms with van der Waals surface area (Å²) in [5.74, 6) is 0.910. The third-order valence-electron chi connectivity index (χ3n) is 10.5. The first-order chi connectivity index (χ1) is 27.2. The summed E-state index contributed by atoms with van der Waals surface area (Å²) in [5, 5.41) is 3.54. The molecule has 262 valence electrons. The van der Waals surface area contributed by atoms with Gasteiger partial charge < -0.3 is 10.3 Å². The van der Waals surface area contributed by atoms with Crippen molar-refractivity contribution in [1.29, 1.82) is 0 Å². The van der Waals surface area contributed by atoms with Crippen LogP contribution in [0.15, 0.2) is 200 Å². The number of imidazole rings is 1. The van der Waals surface area contributed by atoms with Gasteiger partial charge in [-0.05, 0) is 65.2 Å². The third kappa shape index (κ3) is 5.53. The van der Waals surface area contributed by atoms with Crippen molar-refractivity contribution in [2.24, 2.45) is 5.73 Å². The van der Waals surface area contributed by atoms with Crippen LogP contribution >= 0.6 is 0 Å². The summed E-state index contributed by atoms with van der Waals surface area (Å²) in [5.41, 5.74) is 19.3. The molecule has 3 aromatic heterocycles. The number of fused-ring (bicyclic) bond motifs is 7. The van der Waals surface area contributed by atoms with E-state index in [0.717, 1.165) is 72.7 Å². The van der Waals surface area contributed by atoms with Crippen LogP contribution in [0.3, 0.4) is 0 Å². The van der Waals surface area contributed by atoms with Crippen LogP contribution in [0.5, 0.6) is 0 Å². The molecule has 0 aliphatic rings. The van der Waals surface area contributed by atoms with Crippen molar-refractivity contribution in [3.8, 4) is 22.8 Å². The molecule has 10 aromatic rings. The number of nitrogens with zero attached hydrogens (tertiary/aromatic N) is 4. The Balaban J connectivity index is 1.26. The lowest BCUT2D eigenvalue weighted by molar-refractivity contribution is 0.901. The Morgan fingerprint density at radius 2 is 1.07 bits per heavy atom. The van der Waals surface area contributed by atoms with Crippen LogP contribution in [-0.2, 0) is 6.54 Å². The molecule has 0 radical (unpaired) electrons. The SMILES string of the molecule is N/C(=C\C(=C/Cn1c2ccccc2c2c1ccc1c3c(nc(-c4ccccc4)n3-c3ccccc3)n(-c3ccccc3)c12)c1ccccc1)c1ccccc1. The van der Waals surface area contributed by atoms with Crippen LogP contribution in [0.2, 0.25) is 0 Å². The minimum absolute atomic E-state index is 0.649. The fraction of sp³-hybridized carbons (Fsp3) is 0.0200. The van der Waals surface area contributed by atoms with Gasteiger partial charge in [-0.1, -0.05) is 152 Å². The average Bonchev–Trinajstić information content (AvgIpc) is 3.91. The molecule has 0 bridgehead atoms. The van der Waals surface area contributed by atoms with Gasteiger partial charge in [-0.15, -0.1) is 0 Å². The maximum atomic E-state index is 6.73. The van der Waals surface area contributed by atoms with Gasteiger partial charge in [-0.25, -0.2) is 4.98 Å². The molecule has 0 unspecified atom stereocenters. The second-order valence-corrected chi connectivity index (χ2v) is 13.8. The second-order valence-electron chi connectivity index (χ2n) is 13.8. The monoisotopic (exact) mass is 707 g/mol. The minimum Gasteiger partial charge on any atom is -0.398 e. The molecule has 0 spiro atoms. The van der Waals surface area contributed by atoms with Crippen molar-refractivity contribution < 1.29 is 0 Å². The number of rotatable bonds is 8. The zero-order valence-electron chi connectivity index (χ0n) is 30.1. The minimum atomic E-state index is 0.649. The lowest BCUT2D eigenvalue weighted by Crippen LogP contribution is -1.99. The first-order valence-electron chi connectivity index (χ1n) is 18.7. The predicted molar refractivity (Wildman–Crippen MR) is 229 cm³/mol. The number of hydrogen-bond donors (Lipinski definition) is 1. The molecule has 55 heavy (non-hydrogen) atoms. The van der Waals surface area contributed by atoms with Gasteiger partial charge in [0.25, 0.3) is 0 Å². The van der Waals surface area contributed by atoms with Gasteiger partial charge in [0.15, 0.2) is 5.65 Å². The maximum absolute atomic E-state index is 6.73. The Labute approximate surface area is 319 Å². The highest BCUT2D eigenvalue weighted by Crippen LogP contribution is 2.43. The standard InChI is InChI=1S/C50H37N5/c51-43(36-20-8-2-9-21-36)34-38(35-18-6-1-7-19-35)32-33-53-44-29-17-16-28-41(44)46-45(53)31-30-42-47(46)54(39-24-12-4-13-25-39)50-48(42)55(40-26-14-5-15-27-40)49(52-50)37-22-10-3-11-23-37/h1-32,34H,33,51H2/b38-32+,43-34-. The van der Waals surface area contributed by atoms with E-state index in [0.29, 0.717) is 6.54 Å². The summed E-state index contributed by atoms with van der Waals surface area (Å²) in [4.78, 5) is 5.50. The summed E-state index contributed by atoms with van der Waals surface area (Å²) in [7, 11) is 0. The fourth-order valence-corrected chi connectivity index (χ4v) is 8.05. The molecule has 0 atom stereocenters. The molecule has 0 amide bonds. The fourth-order valence-electron chi connectivity index (χ4n) is 8.05. The molecule has 0 aliphatic carbocycles. The second kappa shape index (κ2) is 13.6. The van der Waals surface area contributed by atoms with E-state index in [4.69, 9.17) is 10.7 Å². The molecule has 5 nitrogen and oxygen atoms in total. The van der Waals surface area contributed by atoms with Crippen molar-refractivity contribution in [3.05, 3.63) is 211 Å². The smallest absolute Gasteiger partial charge is 0.165 e. The van der Waals surface area contributed by atoms with Crippen LogP contribution in [0.25, 0.3) is 77.9 Å². The van der Waals surface area contributed by atoms with Gasteiger partial charge in [0.05, 0.1) is 11.0 Å². The van der Waals surface area contributed by atoms with E-state index in [9.17, 15) is 0 Å². The number of hydrogen-bond acceptors (Lipinski definition) is 2. The Bertz CT molecular complexity index is 3020. The van der Waals surface area contributed by atoms with Crippen LogP contribution in [0.1, 0.15) is 11.1 Å².